The van der Waals surface area contributed by atoms with E-state index in [9.17, 15) is 14.4 Å². The van der Waals surface area contributed by atoms with E-state index in [-0.39, 0.29) is 5.92 Å². The Morgan fingerprint density at radius 3 is 1.30 bits per heavy atom. The molecule has 0 saturated carbocycles. The second-order valence-electron chi connectivity index (χ2n) is 9.74. The third-order valence-electron chi connectivity index (χ3n) is 6.69. The highest BCUT2D eigenvalue weighted by Gasteiger charge is 2.25. The van der Waals surface area contributed by atoms with Crippen LogP contribution in [0.2, 0.25) is 0 Å². The van der Waals surface area contributed by atoms with Gasteiger partial charge in [-0.15, -0.1) is 0 Å². The Morgan fingerprint density at radius 2 is 0.925 bits per heavy atom. The van der Waals surface area contributed by atoms with Crippen LogP contribution in [-0.2, 0) is 14.4 Å². The quantitative estimate of drug-likeness (QED) is 0.126. The predicted molar refractivity (Wildman–Crippen MR) is 156 cm³/mol. The van der Waals surface area contributed by atoms with Crippen LogP contribution >= 0.6 is 0 Å². The lowest BCUT2D eigenvalue weighted by molar-refractivity contribution is -0.129. The van der Waals surface area contributed by atoms with E-state index in [0.717, 1.165) is 68.3 Å². The average Bonchev–Trinajstić information content (AvgIpc) is 2.91. The fourth-order valence-electron chi connectivity index (χ4n) is 4.75. The molecule has 6 nitrogen and oxygen atoms in total. The van der Waals surface area contributed by atoms with Crippen LogP contribution in [0, 0.1) is 41.5 Å². The normalized spacial score (nSPS) is 10.6. The monoisotopic (exact) mass is 538 g/mol. The number of hydrogen-bond donors (Lipinski definition) is 0. The maximum absolute atomic E-state index is 11.9. The topological polar surface area (TPSA) is 78.9 Å². The fraction of sp³-hybridized carbons (Fsp3) is 0.206. The number of rotatable bonds is 9. The highest BCUT2D eigenvalue weighted by Crippen LogP contribution is 2.41. The number of esters is 3. The van der Waals surface area contributed by atoms with Crippen LogP contribution in [0.3, 0.4) is 0 Å². The van der Waals surface area contributed by atoms with E-state index in [0.29, 0.717) is 17.2 Å². The molecule has 0 atom stereocenters. The predicted octanol–water partition coefficient (Wildman–Crippen LogP) is 6.99. The minimum atomic E-state index is -0.529. The van der Waals surface area contributed by atoms with Crippen LogP contribution in [0.4, 0.5) is 0 Å². The van der Waals surface area contributed by atoms with Gasteiger partial charge >= 0.3 is 17.9 Å². The van der Waals surface area contributed by atoms with Gasteiger partial charge in [0.05, 0.1) is 0 Å². The molecule has 0 aliphatic carbocycles. The third-order valence-corrected chi connectivity index (χ3v) is 6.69. The Balaban J connectivity index is 2.28. The van der Waals surface area contributed by atoms with Crippen LogP contribution in [0.5, 0.6) is 17.2 Å². The molecule has 3 aromatic rings. The van der Waals surface area contributed by atoms with Gasteiger partial charge in [-0.2, -0.15) is 0 Å². The Labute approximate surface area is 235 Å². The first-order valence-corrected chi connectivity index (χ1v) is 12.8. The molecule has 0 aliphatic heterocycles. The molecule has 3 aromatic carbocycles. The van der Waals surface area contributed by atoms with Crippen molar-refractivity contribution in [2.24, 2.45) is 0 Å². The summed E-state index contributed by atoms with van der Waals surface area (Å²) in [5, 5.41) is 0. The molecular weight excluding hydrogens is 504 g/mol. The molecule has 206 valence electrons. The summed E-state index contributed by atoms with van der Waals surface area (Å²) in [7, 11) is 0. The SMILES string of the molecule is C=CC(=O)Oc1cc(C)c(C(c2cc(C)c(OC(=O)C=C)c(C)c2)c2cc(C)c(OC(=O)C=C)cc2C)cc1C. The Kier molecular flexibility index (Phi) is 9.27. The van der Waals surface area contributed by atoms with E-state index in [1.165, 1.54) is 0 Å². The van der Waals surface area contributed by atoms with Gasteiger partial charge in [0.1, 0.15) is 17.2 Å². The zero-order valence-corrected chi connectivity index (χ0v) is 23.8. The van der Waals surface area contributed by atoms with Crippen molar-refractivity contribution in [3.05, 3.63) is 124 Å². The molecule has 0 radical (unpaired) electrons. The lowest BCUT2D eigenvalue weighted by atomic mass is 9.79. The van der Waals surface area contributed by atoms with E-state index in [4.69, 9.17) is 14.2 Å². The minimum absolute atomic E-state index is 0.243. The van der Waals surface area contributed by atoms with E-state index in [1.54, 1.807) is 0 Å². The highest BCUT2D eigenvalue weighted by atomic mass is 16.5. The molecule has 0 bridgehead atoms. The average molecular weight is 539 g/mol. The second kappa shape index (κ2) is 12.4. The van der Waals surface area contributed by atoms with Gasteiger partial charge in [0.25, 0.3) is 0 Å². The van der Waals surface area contributed by atoms with Gasteiger partial charge in [0.2, 0.25) is 0 Å². The fourth-order valence-corrected chi connectivity index (χ4v) is 4.75. The van der Waals surface area contributed by atoms with Crippen molar-refractivity contribution >= 4 is 17.9 Å². The number of carbonyl (C=O) groups is 3. The molecule has 0 unspecified atom stereocenters. The first kappa shape index (κ1) is 29.8. The van der Waals surface area contributed by atoms with Crippen molar-refractivity contribution in [2.45, 2.75) is 47.5 Å². The van der Waals surface area contributed by atoms with Gasteiger partial charge in [-0.25, -0.2) is 14.4 Å². The van der Waals surface area contributed by atoms with Crippen LogP contribution in [0.1, 0.15) is 56.0 Å². The van der Waals surface area contributed by atoms with Crippen LogP contribution in [-0.4, -0.2) is 17.9 Å². The van der Waals surface area contributed by atoms with Crippen LogP contribution in [0.15, 0.2) is 74.4 Å². The van der Waals surface area contributed by atoms with Crippen LogP contribution < -0.4 is 14.2 Å². The van der Waals surface area contributed by atoms with E-state index >= 15 is 0 Å². The summed E-state index contributed by atoms with van der Waals surface area (Å²) in [4.78, 5) is 35.7. The maximum Gasteiger partial charge on any atom is 0.335 e. The van der Waals surface area contributed by atoms with Crippen molar-refractivity contribution in [3.8, 4) is 17.2 Å². The molecule has 0 saturated heterocycles. The second-order valence-corrected chi connectivity index (χ2v) is 9.74. The molecule has 3 rings (SSSR count). The van der Waals surface area contributed by atoms with Crippen molar-refractivity contribution in [1.82, 2.24) is 0 Å². The van der Waals surface area contributed by atoms with Gasteiger partial charge < -0.3 is 14.2 Å². The summed E-state index contributed by atoms with van der Waals surface area (Å²) in [6.07, 6.45) is 3.39. The molecule has 6 heteroatoms. The molecule has 0 aliphatic rings. The molecule has 0 heterocycles. The summed E-state index contributed by atoms with van der Waals surface area (Å²) >= 11 is 0. The molecule has 40 heavy (non-hydrogen) atoms. The third kappa shape index (κ3) is 6.46. The molecular formula is C34H34O6. The van der Waals surface area contributed by atoms with Gasteiger partial charge in [-0.1, -0.05) is 44.0 Å². The van der Waals surface area contributed by atoms with Crippen molar-refractivity contribution in [2.75, 3.05) is 0 Å². The lowest BCUT2D eigenvalue weighted by Crippen LogP contribution is -2.12. The highest BCUT2D eigenvalue weighted by molar-refractivity contribution is 5.85. The molecule has 0 amide bonds. The van der Waals surface area contributed by atoms with Crippen molar-refractivity contribution in [1.29, 1.82) is 0 Å². The lowest BCUT2D eigenvalue weighted by Gasteiger charge is -2.26. The Morgan fingerprint density at radius 1 is 0.550 bits per heavy atom. The number of benzene rings is 3. The minimum Gasteiger partial charge on any atom is -0.423 e. The number of hydrogen-bond acceptors (Lipinski definition) is 6. The first-order chi connectivity index (χ1) is 18.9. The zero-order valence-electron chi connectivity index (χ0n) is 23.8. The Hall–Kier alpha value is -4.71. The van der Waals surface area contributed by atoms with E-state index < -0.39 is 17.9 Å². The van der Waals surface area contributed by atoms with Gasteiger partial charge in [-0.3, -0.25) is 0 Å². The summed E-state index contributed by atoms with van der Waals surface area (Å²) in [6.45, 7) is 21.9. The van der Waals surface area contributed by atoms with E-state index in [1.807, 2.05) is 77.9 Å². The summed E-state index contributed by atoms with van der Waals surface area (Å²) in [6, 6.07) is 11.7. The first-order valence-electron chi connectivity index (χ1n) is 12.8. The zero-order chi connectivity index (χ0) is 29.7. The smallest absolute Gasteiger partial charge is 0.335 e. The molecule has 0 aromatic heterocycles. The number of ether oxygens (including phenoxy) is 3. The van der Waals surface area contributed by atoms with Crippen molar-refractivity contribution < 1.29 is 28.6 Å². The van der Waals surface area contributed by atoms with Gasteiger partial charge in [-0.05, 0) is 104 Å². The number of carbonyl (C=O) groups excluding carboxylic acids is 3. The maximum atomic E-state index is 11.9. The standard InChI is InChI=1S/C34H34O6/c1-10-30(35)38-28-17-19(4)26(15-21(28)6)33(25-13-23(8)34(24(9)14-25)40-32(37)12-3)27-16-22(7)29(18-20(27)5)39-31(36)11-2/h10-18,33H,1-3H2,4-9H3. The molecule has 0 N–H and O–H groups in total. The Bertz CT molecular complexity index is 1440. The molecule has 0 fully saturated rings. The largest absolute Gasteiger partial charge is 0.423 e. The summed E-state index contributed by atoms with van der Waals surface area (Å²) in [5.74, 6) is -0.411. The van der Waals surface area contributed by atoms with Crippen LogP contribution in [0.25, 0.3) is 0 Å². The van der Waals surface area contributed by atoms with Gasteiger partial charge in [0, 0.05) is 24.1 Å². The van der Waals surface area contributed by atoms with E-state index in [2.05, 4.69) is 19.7 Å². The number of aryl methyl sites for hydroxylation is 6. The van der Waals surface area contributed by atoms with Gasteiger partial charge in [0.15, 0.2) is 0 Å². The molecule has 0 spiro atoms. The van der Waals surface area contributed by atoms with Crippen molar-refractivity contribution in [3.63, 3.8) is 0 Å². The summed E-state index contributed by atoms with van der Waals surface area (Å²) in [5.41, 5.74) is 7.99. The summed E-state index contributed by atoms with van der Waals surface area (Å²) < 4.78 is 16.4.